The molecular formula is C20H26N2O3. The molecule has 25 heavy (non-hydrogen) atoms. The van der Waals surface area contributed by atoms with Gasteiger partial charge in [-0.2, -0.15) is 0 Å². The number of hydrogen-bond acceptors (Lipinski definition) is 4. The molecule has 0 spiro atoms. The normalized spacial score (nSPS) is 26.2. The topological polar surface area (TPSA) is 49.8 Å². The predicted molar refractivity (Wildman–Crippen MR) is 94.1 cm³/mol. The smallest absolute Gasteiger partial charge is 0.289 e. The van der Waals surface area contributed by atoms with Crippen molar-refractivity contribution in [2.24, 2.45) is 11.8 Å². The summed E-state index contributed by atoms with van der Waals surface area (Å²) >= 11 is 0. The minimum absolute atomic E-state index is 0.0370. The number of aryl methyl sites for hydroxylation is 1. The Morgan fingerprint density at radius 1 is 1.28 bits per heavy atom. The lowest BCUT2D eigenvalue weighted by molar-refractivity contribution is 0.0735. The molecule has 0 N–H and O–H groups in total. The van der Waals surface area contributed by atoms with Crippen LogP contribution < -0.4 is 0 Å². The molecule has 1 aliphatic carbocycles. The first kappa shape index (κ1) is 16.5. The molecule has 1 amide bonds. The van der Waals surface area contributed by atoms with Crippen molar-refractivity contribution in [2.45, 2.75) is 38.8 Å². The summed E-state index contributed by atoms with van der Waals surface area (Å²) in [4.78, 5) is 17.1. The van der Waals surface area contributed by atoms with Gasteiger partial charge in [0.2, 0.25) is 0 Å². The Labute approximate surface area is 148 Å². The SMILES string of the molecule is Cc1ccc(C(=O)N2C[C@@H]3CCC[C@@H](N(C)Cc4ccco4)[C@@H]3C2)o1. The van der Waals surface area contributed by atoms with Crippen molar-refractivity contribution in [1.82, 2.24) is 9.80 Å². The van der Waals surface area contributed by atoms with Crippen LogP contribution in [-0.2, 0) is 6.54 Å². The Morgan fingerprint density at radius 2 is 2.16 bits per heavy atom. The molecule has 134 valence electrons. The first-order valence-corrected chi connectivity index (χ1v) is 9.20. The van der Waals surface area contributed by atoms with Gasteiger partial charge in [0.15, 0.2) is 5.76 Å². The van der Waals surface area contributed by atoms with Crippen molar-refractivity contribution >= 4 is 5.91 Å². The number of carbonyl (C=O) groups is 1. The molecule has 0 unspecified atom stereocenters. The fourth-order valence-electron chi connectivity index (χ4n) is 4.63. The third-order valence-electron chi connectivity index (χ3n) is 5.85. The molecule has 4 rings (SSSR count). The van der Waals surface area contributed by atoms with Crippen LogP contribution in [0.1, 0.15) is 41.3 Å². The van der Waals surface area contributed by atoms with Crippen molar-refractivity contribution in [3.8, 4) is 0 Å². The van der Waals surface area contributed by atoms with Crippen LogP contribution in [0.2, 0.25) is 0 Å². The lowest BCUT2D eigenvalue weighted by Crippen LogP contribution is -2.43. The molecule has 0 bridgehead atoms. The minimum Gasteiger partial charge on any atom is -0.468 e. The van der Waals surface area contributed by atoms with Crippen LogP contribution in [0.5, 0.6) is 0 Å². The number of amides is 1. The van der Waals surface area contributed by atoms with Crippen molar-refractivity contribution in [2.75, 3.05) is 20.1 Å². The standard InChI is InChI=1S/C20H26N2O3/c1-14-8-9-19(25-14)20(23)22-11-15-5-3-7-18(17(15)13-22)21(2)12-16-6-4-10-24-16/h4,6,8-10,15,17-18H,3,5,7,11-13H2,1-2H3/t15-,17+,18+/m0/s1. The second-order valence-electron chi connectivity index (χ2n) is 7.54. The number of hydrogen-bond donors (Lipinski definition) is 0. The van der Waals surface area contributed by atoms with E-state index in [9.17, 15) is 4.79 Å². The van der Waals surface area contributed by atoms with Gasteiger partial charge in [-0.1, -0.05) is 6.42 Å². The van der Waals surface area contributed by atoms with Crippen molar-refractivity contribution in [3.63, 3.8) is 0 Å². The first-order chi connectivity index (χ1) is 12.1. The third kappa shape index (κ3) is 3.25. The molecule has 3 atom stereocenters. The molecule has 0 aromatic carbocycles. The maximum atomic E-state index is 12.7. The second kappa shape index (κ2) is 6.71. The van der Waals surface area contributed by atoms with Gasteiger partial charge in [-0.25, -0.2) is 0 Å². The van der Waals surface area contributed by atoms with Crippen LogP contribution in [0.4, 0.5) is 0 Å². The number of fused-ring (bicyclic) bond motifs is 1. The van der Waals surface area contributed by atoms with Crippen molar-refractivity contribution < 1.29 is 13.6 Å². The number of carbonyl (C=O) groups excluding carboxylic acids is 1. The largest absolute Gasteiger partial charge is 0.468 e. The highest BCUT2D eigenvalue weighted by atomic mass is 16.4. The lowest BCUT2D eigenvalue weighted by atomic mass is 9.77. The maximum absolute atomic E-state index is 12.7. The van der Waals surface area contributed by atoms with Gasteiger partial charge in [-0.3, -0.25) is 9.69 Å². The van der Waals surface area contributed by atoms with Crippen molar-refractivity contribution in [3.05, 3.63) is 47.8 Å². The summed E-state index contributed by atoms with van der Waals surface area (Å²) < 4.78 is 11.0. The molecule has 2 aliphatic rings. The molecule has 5 nitrogen and oxygen atoms in total. The quantitative estimate of drug-likeness (QED) is 0.852. The summed E-state index contributed by atoms with van der Waals surface area (Å²) in [6.07, 6.45) is 5.38. The number of rotatable bonds is 4. The summed E-state index contributed by atoms with van der Waals surface area (Å²) in [5, 5.41) is 0. The second-order valence-corrected chi connectivity index (χ2v) is 7.54. The summed E-state index contributed by atoms with van der Waals surface area (Å²) in [6, 6.07) is 8.12. The highest BCUT2D eigenvalue weighted by molar-refractivity contribution is 5.91. The van der Waals surface area contributed by atoms with Gasteiger partial charge in [0.1, 0.15) is 11.5 Å². The van der Waals surface area contributed by atoms with Crippen LogP contribution in [0, 0.1) is 18.8 Å². The van der Waals surface area contributed by atoms with Gasteiger partial charge in [0, 0.05) is 19.1 Å². The van der Waals surface area contributed by atoms with E-state index in [4.69, 9.17) is 8.83 Å². The van der Waals surface area contributed by atoms with Crippen LogP contribution in [-0.4, -0.2) is 41.9 Å². The fourth-order valence-corrected chi connectivity index (χ4v) is 4.63. The van der Waals surface area contributed by atoms with Gasteiger partial charge < -0.3 is 13.7 Å². The van der Waals surface area contributed by atoms with E-state index in [1.165, 1.54) is 19.3 Å². The van der Waals surface area contributed by atoms with Gasteiger partial charge in [-0.05, 0) is 62.9 Å². The van der Waals surface area contributed by atoms with Crippen LogP contribution in [0.25, 0.3) is 0 Å². The van der Waals surface area contributed by atoms with Crippen LogP contribution in [0.3, 0.4) is 0 Å². The Morgan fingerprint density at radius 3 is 2.88 bits per heavy atom. The molecule has 1 aliphatic heterocycles. The predicted octanol–water partition coefficient (Wildman–Crippen LogP) is 3.55. The zero-order valence-electron chi connectivity index (χ0n) is 15.0. The zero-order chi connectivity index (χ0) is 17.4. The monoisotopic (exact) mass is 342 g/mol. The van der Waals surface area contributed by atoms with E-state index >= 15 is 0 Å². The van der Waals surface area contributed by atoms with Gasteiger partial charge in [0.25, 0.3) is 5.91 Å². The van der Waals surface area contributed by atoms with E-state index in [0.29, 0.717) is 23.6 Å². The molecule has 1 saturated heterocycles. The highest BCUT2D eigenvalue weighted by Crippen LogP contribution is 2.39. The average Bonchev–Trinajstić information content (AvgIpc) is 3.33. The Kier molecular flexibility index (Phi) is 4.42. The summed E-state index contributed by atoms with van der Waals surface area (Å²) in [5.41, 5.74) is 0. The van der Waals surface area contributed by atoms with E-state index in [1.54, 1.807) is 12.3 Å². The van der Waals surface area contributed by atoms with E-state index in [2.05, 4.69) is 11.9 Å². The zero-order valence-corrected chi connectivity index (χ0v) is 15.0. The lowest BCUT2D eigenvalue weighted by Gasteiger charge is -2.38. The average molecular weight is 342 g/mol. The molecule has 1 saturated carbocycles. The Balaban J connectivity index is 1.45. The van der Waals surface area contributed by atoms with Gasteiger partial charge in [-0.15, -0.1) is 0 Å². The number of nitrogens with zero attached hydrogens (tertiary/aromatic N) is 2. The highest BCUT2D eigenvalue weighted by Gasteiger charge is 2.43. The van der Waals surface area contributed by atoms with E-state index in [-0.39, 0.29) is 5.91 Å². The Hall–Kier alpha value is -2.01. The molecule has 0 radical (unpaired) electrons. The van der Waals surface area contributed by atoms with E-state index < -0.39 is 0 Å². The molecule has 5 heteroatoms. The fraction of sp³-hybridized carbons (Fsp3) is 0.550. The van der Waals surface area contributed by atoms with Gasteiger partial charge >= 0.3 is 0 Å². The first-order valence-electron chi connectivity index (χ1n) is 9.20. The minimum atomic E-state index is 0.0370. The van der Waals surface area contributed by atoms with Crippen LogP contribution in [0.15, 0.2) is 39.4 Å². The Bertz CT molecular complexity index is 721. The van der Waals surface area contributed by atoms with E-state index in [1.807, 2.05) is 30.0 Å². The molecule has 2 aromatic heterocycles. The molecule has 2 fully saturated rings. The summed E-state index contributed by atoms with van der Waals surface area (Å²) in [7, 11) is 2.18. The molecule has 2 aromatic rings. The summed E-state index contributed by atoms with van der Waals surface area (Å²) in [6.45, 7) is 4.39. The third-order valence-corrected chi connectivity index (χ3v) is 5.85. The maximum Gasteiger partial charge on any atom is 0.289 e. The number of furan rings is 2. The summed E-state index contributed by atoms with van der Waals surface area (Å²) in [5.74, 6) is 3.43. The number of likely N-dealkylation sites (tertiary alicyclic amines) is 1. The van der Waals surface area contributed by atoms with Crippen LogP contribution >= 0.6 is 0 Å². The molecular weight excluding hydrogens is 316 g/mol. The van der Waals surface area contributed by atoms with Gasteiger partial charge in [0.05, 0.1) is 12.8 Å². The van der Waals surface area contributed by atoms with Crippen molar-refractivity contribution in [1.29, 1.82) is 0 Å². The molecule has 3 heterocycles. The van der Waals surface area contributed by atoms with E-state index in [0.717, 1.165) is 31.2 Å².